The van der Waals surface area contributed by atoms with E-state index in [2.05, 4.69) is 5.32 Å². The molecule has 1 N–H and O–H groups in total. The number of benzene rings is 1. The van der Waals surface area contributed by atoms with Crippen LogP contribution in [0.15, 0.2) is 41.8 Å². The summed E-state index contributed by atoms with van der Waals surface area (Å²) in [5, 5.41) is 4.61. The maximum Gasteiger partial charge on any atom is 0.265 e. The van der Waals surface area contributed by atoms with Gasteiger partial charge in [0.15, 0.2) is 0 Å². The summed E-state index contributed by atoms with van der Waals surface area (Å²) in [7, 11) is -3.23. The number of nitrogens with zero attached hydrogens (tertiary/aromatic N) is 2. The minimum absolute atomic E-state index is 0.176. The van der Waals surface area contributed by atoms with Crippen LogP contribution in [-0.2, 0) is 10.0 Å². The van der Waals surface area contributed by atoms with Crippen molar-refractivity contribution in [3.8, 4) is 0 Å². The van der Waals surface area contributed by atoms with Gasteiger partial charge in [0.2, 0.25) is 10.0 Å². The lowest BCUT2D eigenvalue weighted by Crippen LogP contribution is -2.50. The number of rotatable bonds is 4. The molecule has 1 aliphatic heterocycles. The van der Waals surface area contributed by atoms with E-state index in [9.17, 15) is 18.0 Å². The number of anilines is 1. The molecule has 0 saturated carbocycles. The highest BCUT2D eigenvalue weighted by molar-refractivity contribution is 7.88. The second-order valence-corrected chi connectivity index (χ2v) is 8.90. The average Bonchev–Trinajstić information content (AvgIpc) is 3.15. The molecule has 1 aromatic carbocycles. The summed E-state index contributed by atoms with van der Waals surface area (Å²) >= 11 is 1.34. The van der Waals surface area contributed by atoms with Gasteiger partial charge in [-0.25, -0.2) is 8.42 Å². The molecule has 0 spiro atoms. The van der Waals surface area contributed by atoms with Crippen LogP contribution in [0.3, 0.4) is 0 Å². The van der Waals surface area contributed by atoms with Crippen molar-refractivity contribution >= 4 is 38.9 Å². The maximum absolute atomic E-state index is 12.7. The van der Waals surface area contributed by atoms with Gasteiger partial charge in [-0.15, -0.1) is 11.3 Å². The number of amides is 2. The van der Waals surface area contributed by atoms with E-state index < -0.39 is 10.0 Å². The summed E-state index contributed by atoms with van der Waals surface area (Å²) in [5.74, 6) is -0.392. The molecule has 1 aromatic heterocycles. The Morgan fingerprint density at radius 1 is 1.08 bits per heavy atom. The van der Waals surface area contributed by atoms with Gasteiger partial charge < -0.3 is 10.2 Å². The van der Waals surface area contributed by atoms with Gasteiger partial charge in [0.1, 0.15) is 0 Å². The van der Waals surface area contributed by atoms with E-state index in [4.69, 9.17) is 0 Å². The molecule has 1 saturated heterocycles. The molecule has 26 heavy (non-hydrogen) atoms. The standard InChI is InChI=1S/C17H19N3O4S2/c1-26(23,24)20-9-7-19(8-10-20)17(22)13-4-2-5-14(12-13)18-16(21)15-6-3-11-25-15/h2-6,11-12H,7-10H2,1H3,(H,18,21). The van der Waals surface area contributed by atoms with Crippen molar-refractivity contribution in [2.45, 2.75) is 0 Å². The molecule has 1 aliphatic rings. The monoisotopic (exact) mass is 393 g/mol. The first kappa shape index (κ1) is 18.6. The van der Waals surface area contributed by atoms with E-state index in [0.717, 1.165) is 0 Å². The van der Waals surface area contributed by atoms with Gasteiger partial charge in [0.25, 0.3) is 11.8 Å². The molecule has 3 rings (SSSR count). The van der Waals surface area contributed by atoms with E-state index in [1.807, 2.05) is 5.38 Å². The number of sulfonamides is 1. The molecule has 0 unspecified atom stereocenters. The number of carbonyl (C=O) groups excluding carboxylic acids is 2. The lowest BCUT2D eigenvalue weighted by Gasteiger charge is -2.33. The normalized spacial score (nSPS) is 15.7. The molecule has 9 heteroatoms. The first-order chi connectivity index (χ1) is 12.3. The summed E-state index contributed by atoms with van der Waals surface area (Å²) in [6.07, 6.45) is 1.17. The van der Waals surface area contributed by atoms with Gasteiger partial charge >= 0.3 is 0 Å². The SMILES string of the molecule is CS(=O)(=O)N1CCN(C(=O)c2cccc(NC(=O)c3cccs3)c2)CC1. The molecule has 2 amide bonds. The largest absolute Gasteiger partial charge is 0.336 e. The van der Waals surface area contributed by atoms with Crippen LogP contribution in [0, 0.1) is 0 Å². The summed E-state index contributed by atoms with van der Waals surface area (Å²) in [6.45, 7) is 1.27. The second kappa shape index (κ2) is 7.56. The summed E-state index contributed by atoms with van der Waals surface area (Å²) in [6, 6.07) is 10.3. The Balaban J connectivity index is 1.66. The molecule has 138 valence electrons. The zero-order valence-electron chi connectivity index (χ0n) is 14.2. The van der Waals surface area contributed by atoms with Crippen LogP contribution in [0.2, 0.25) is 0 Å². The molecular weight excluding hydrogens is 374 g/mol. The van der Waals surface area contributed by atoms with E-state index in [0.29, 0.717) is 42.3 Å². The molecule has 1 fully saturated rings. The Bertz CT molecular complexity index is 902. The van der Waals surface area contributed by atoms with Gasteiger partial charge in [-0.3, -0.25) is 9.59 Å². The minimum atomic E-state index is -3.23. The molecule has 7 nitrogen and oxygen atoms in total. The summed E-state index contributed by atoms with van der Waals surface area (Å²) in [4.78, 5) is 27.0. The predicted molar refractivity (Wildman–Crippen MR) is 101 cm³/mol. The number of nitrogens with one attached hydrogen (secondary N) is 1. The van der Waals surface area contributed by atoms with E-state index >= 15 is 0 Å². The third-order valence-corrected chi connectivity index (χ3v) is 6.28. The van der Waals surface area contributed by atoms with Gasteiger partial charge in [-0.05, 0) is 29.6 Å². The Labute approximate surface area is 156 Å². The number of hydrogen-bond acceptors (Lipinski definition) is 5. The summed E-state index contributed by atoms with van der Waals surface area (Å²) in [5.41, 5.74) is 1.01. The van der Waals surface area contributed by atoms with Crippen LogP contribution >= 0.6 is 11.3 Å². The third-order valence-electron chi connectivity index (χ3n) is 4.11. The molecular formula is C17H19N3O4S2. The van der Waals surface area contributed by atoms with Crippen molar-refractivity contribution in [3.63, 3.8) is 0 Å². The molecule has 2 heterocycles. The number of carbonyl (C=O) groups is 2. The van der Waals surface area contributed by atoms with Crippen LogP contribution in [0.4, 0.5) is 5.69 Å². The van der Waals surface area contributed by atoms with Crippen molar-refractivity contribution in [1.29, 1.82) is 0 Å². The lowest BCUT2D eigenvalue weighted by molar-refractivity contribution is 0.0698. The first-order valence-electron chi connectivity index (χ1n) is 8.04. The Morgan fingerprint density at radius 2 is 1.81 bits per heavy atom. The highest BCUT2D eigenvalue weighted by Crippen LogP contribution is 2.17. The highest BCUT2D eigenvalue weighted by atomic mass is 32.2. The third kappa shape index (κ3) is 4.29. The lowest BCUT2D eigenvalue weighted by atomic mass is 10.1. The molecule has 0 atom stereocenters. The summed E-state index contributed by atoms with van der Waals surface area (Å²) < 4.78 is 24.5. The smallest absolute Gasteiger partial charge is 0.265 e. The van der Waals surface area contributed by atoms with Crippen LogP contribution in [0.1, 0.15) is 20.0 Å². The first-order valence-corrected chi connectivity index (χ1v) is 10.8. The number of piperazine rings is 1. The Kier molecular flexibility index (Phi) is 5.40. The highest BCUT2D eigenvalue weighted by Gasteiger charge is 2.26. The van der Waals surface area contributed by atoms with Crippen LogP contribution in [-0.4, -0.2) is 61.9 Å². The van der Waals surface area contributed by atoms with Crippen LogP contribution in [0.25, 0.3) is 0 Å². The van der Waals surface area contributed by atoms with Crippen molar-refractivity contribution in [2.24, 2.45) is 0 Å². The Morgan fingerprint density at radius 3 is 2.42 bits per heavy atom. The minimum Gasteiger partial charge on any atom is -0.336 e. The Hall–Kier alpha value is -2.23. The van der Waals surface area contributed by atoms with Gasteiger partial charge in [0.05, 0.1) is 11.1 Å². The zero-order valence-corrected chi connectivity index (χ0v) is 15.8. The fraction of sp³-hybridized carbons (Fsp3) is 0.294. The van der Waals surface area contributed by atoms with Crippen molar-refractivity contribution in [3.05, 3.63) is 52.2 Å². The van der Waals surface area contributed by atoms with Crippen LogP contribution in [0.5, 0.6) is 0 Å². The molecule has 0 bridgehead atoms. The predicted octanol–water partition coefficient (Wildman–Crippen LogP) is 1.72. The van der Waals surface area contributed by atoms with Crippen LogP contribution < -0.4 is 5.32 Å². The fourth-order valence-corrected chi connectivity index (χ4v) is 4.18. The van der Waals surface area contributed by atoms with E-state index in [-0.39, 0.29) is 11.8 Å². The van der Waals surface area contributed by atoms with Crippen molar-refractivity contribution in [1.82, 2.24) is 9.21 Å². The quantitative estimate of drug-likeness (QED) is 0.857. The maximum atomic E-state index is 12.7. The van der Waals surface area contributed by atoms with E-state index in [1.165, 1.54) is 21.9 Å². The molecule has 2 aromatic rings. The van der Waals surface area contributed by atoms with Crippen molar-refractivity contribution in [2.75, 3.05) is 37.8 Å². The van der Waals surface area contributed by atoms with Gasteiger partial charge in [-0.2, -0.15) is 4.31 Å². The molecule has 0 aliphatic carbocycles. The van der Waals surface area contributed by atoms with Gasteiger partial charge in [0, 0.05) is 37.4 Å². The van der Waals surface area contributed by atoms with Gasteiger partial charge in [-0.1, -0.05) is 12.1 Å². The topological polar surface area (TPSA) is 86.8 Å². The fourth-order valence-electron chi connectivity index (χ4n) is 2.74. The zero-order chi connectivity index (χ0) is 18.7. The average molecular weight is 393 g/mol. The molecule has 0 radical (unpaired) electrons. The van der Waals surface area contributed by atoms with E-state index in [1.54, 1.807) is 41.3 Å². The van der Waals surface area contributed by atoms with Crippen molar-refractivity contribution < 1.29 is 18.0 Å². The second-order valence-electron chi connectivity index (χ2n) is 5.97. The number of hydrogen-bond donors (Lipinski definition) is 1. The number of thiophene rings is 1.